The van der Waals surface area contributed by atoms with Gasteiger partial charge in [0.1, 0.15) is 5.75 Å². The monoisotopic (exact) mass is 343 g/mol. The molecule has 3 rings (SSSR count). The molecule has 6 heteroatoms. The Kier molecular flexibility index (Phi) is 5.71. The van der Waals surface area contributed by atoms with Gasteiger partial charge in [-0.3, -0.25) is 9.69 Å². The molecule has 1 aliphatic rings. The van der Waals surface area contributed by atoms with Crippen LogP contribution in [0.15, 0.2) is 34.9 Å². The molecule has 0 spiro atoms. The summed E-state index contributed by atoms with van der Waals surface area (Å²) in [5.74, 6) is 0.985. The Hall–Kier alpha value is -2.34. The second-order valence-corrected chi connectivity index (χ2v) is 6.44. The fourth-order valence-corrected chi connectivity index (χ4v) is 3.19. The number of methoxy groups -OCH3 is 1. The Balaban J connectivity index is 1.56. The van der Waals surface area contributed by atoms with Crippen molar-refractivity contribution >= 4 is 5.91 Å². The van der Waals surface area contributed by atoms with Gasteiger partial charge in [-0.05, 0) is 43.5 Å². The highest BCUT2D eigenvalue weighted by molar-refractivity contribution is 5.91. The second kappa shape index (κ2) is 8.16. The number of rotatable bonds is 6. The maximum Gasteiger partial charge on any atom is 0.290 e. The molecule has 1 aromatic heterocycles. The molecule has 1 amide bonds. The minimum Gasteiger partial charge on any atom is -0.497 e. The van der Waals surface area contributed by atoms with Gasteiger partial charge < -0.3 is 14.6 Å². The average molecular weight is 343 g/mol. The topological polar surface area (TPSA) is 67.6 Å². The smallest absolute Gasteiger partial charge is 0.290 e. The van der Waals surface area contributed by atoms with Crippen molar-refractivity contribution in [2.75, 3.05) is 20.2 Å². The maximum atomic E-state index is 12.3. The Bertz CT molecular complexity index is 713. The number of aromatic nitrogens is 1. The van der Waals surface area contributed by atoms with E-state index in [4.69, 9.17) is 9.26 Å². The van der Waals surface area contributed by atoms with E-state index < -0.39 is 0 Å². The van der Waals surface area contributed by atoms with Gasteiger partial charge in [-0.2, -0.15) is 0 Å². The Labute approximate surface area is 148 Å². The number of nitrogens with zero attached hydrogens (tertiary/aromatic N) is 2. The molecular formula is C19H25N3O3. The number of aryl methyl sites for hydroxylation is 1. The first kappa shape index (κ1) is 17.5. The number of amides is 1. The molecule has 1 saturated heterocycles. The van der Waals surface area contributed by atoms with E-state index in [0.29, 0.717) is 5.76 Å². The molecular weight excluding hydrogens is 318 g/mol. The van der Waals surface area contributed by atoms with E-state index in [1.807, 2.05) is 19.1 Å². The summed E-state index contributed by atoms with van der Waals surface area (Å²) in [6.45, 7) is 4.70. The first-order chi connectivity index (χ1) is 12.2. The van der Waals surface area contributed by atoms with Gasteiger partial charge in [0.2, 0.25) is 5.76 Å². The largest absolute Gasteiger partial charge is 0.497 e. The van der Waals surface area contributed by atoms with E-state index in [9.17, 15) is 4.79 Å². The quantitative estimate of drug-likeness (QED) is 0.873. The van der Waals surface area contributed by atoms with Crippen LogP contribution in [0.2, 0.25) is 0 Å². The van der Waals surface area contributed by atoms with Gasteiger partial charge in [-0.25, -0.2) is 0 Å². The predicted molar refractivity (Wildman–Crippen MR) is 94.6 cm³/mol. The van der Waals surface area contributed by atoms with E-state index in [1.54, 1.807) is 13.2 Å². The van der Waals surface area contributed by atoms with Gasteiger partial charge in [0, 0.05) is 25.2 Å². The van der Waals surface area contributed by atoms with Gasteiger partial charge in [-0.15, -0.1) is 0 Å². The van der Waals surface area contributed by atoms with Crippen LogP contribution in [0.3, 0.4) is 0 Å². The lowest BCUT2D eigenvalue weighted by Crippen LogP contribution is -2.47. The van der Waals surface area contributed by atoms with Crippen molar-refractivity contribution in [1.29, 1.82) is 0 Å². The van der Waals surface area contributed by atoms with E-state index in [0.717, 1.165) is 50.3 Å². The molecule has 2 aromatic rings. The van der Waals surface area contributed by atoms with Crippen molar-refractivity contribution in [3.8, 4) is 5.75 Å². The van der Waals surface area contributed by atoms with Crippen molar-refractivity contribution in [1.82, 2.24) is 15.4 Å². The summed E-state index contributed by atoms with van der Waals surface area (Å²) in [6.07, 6.45) is 2.80. The fourth-order valence-electron chi connectivity index (χ4n) is 3.19. The van der Waals surface area contributed by atoms with Gasteiger partial charge in [0.25, 0.3) is 5.91 Å². The number of hydrogen-bond donors (Lipinski definition) is 1. The van der Waals surface area contributed by atoms with Crippen LogP contribution in [-0.4, -0.2) is 42.2 Å². The molecule has 1 aromatic carbocycles. The minimum absolute atomic E-state index is 0.127. The molecule has 0 saturated carbocycles. The lowest BCUT2D eigenvalue weighted by atomic mass is 10.0. The second-order valence-electron chi connectivity index (χ2n) is 6.44. The van der Waals surface area contributed by atoms with Crippen LogP contribution in [0.1, 0.15) is 41.6 Å². The number of benzene rings is 1. The highest BCUT2D eigenvalue weighted by Gasteiger charge is 2.23. The van der Waals surface area contributed by atoms with Gasteiger partial charge in [0.15, 0.2) is 0 Å². The Morgan fingerprint density at radius 2 is 2.32 bits per heavy atom. The molecule has 0 bridgehead atoms. The predicted octanol–water partition coefficient (Wildman–Crippen LogP) is 2.64. The van der Waals surface area contributed by atoms with Crippen LogP contribution < -0.4 is 10.1 Å². The standard InChI is InChI=1S/C19H25N3O3/c1-3-15-11-18(25-21-15)19(23)20-16-7-5-9-22(13-16)12-14-6-4-8-17(10-14)24-2/h4,6,8,10-11,16H,3,5,7,9,12-13H2,1-2H3,(H,20,23)/t16-/m1/s1. The maximum absolute atomic E-state index is 12.3. The zero-order valence-corrected chi connectivity index (χ0v) is 14.8. The van der Waals surface area contributed by atoms with E-state index in [-0.39, 0.29) is 11.9 Å². The van der Waals surface area contributed by atoms with Crippen molar-refractivity contribution < 1.29 is 14.1 Å². The molecule has 0 aliphatic carbocycles. The van der Waals surface area contributed by atoms with E-state index >= 15 is 0 Å². The normalized spacial score (nSPS) is 18.1. The zero-order valence-electron chi connectivity index (χ0n) is 14.8. The van der Waals surface area contributed by atoms with Crippen molar-refractivity contribution in [2.45, 2.75) is 38.8 Å². The summed E-state index contributed by atoms with van der Waals surface area (Å²) in [5.41, 5.74) is 2.02. The summed E-state index contributed by atoms with van der Waals surface area (Å²) in [7, 11) is 1.68. The summed E-state index contributed by atoms with van der Waals surface area (Å²) in [5, 5.41) is 6.95. The molecule has 0 unspecified atom stereocenters. The van der Waals surface area contributed by atoms with Crippen molar-refractivity contribution in [2.24, 2.45) is 0 Å². The summed E-state index contributed by atoms with van der Waals surface area (Å²) in [4.78, 5) is 14.7. The molecule has 1 N–H and O–H groups in total. The number of piperidine rings is 1. The van der Waals surface area contributed by atoms with Crippen LogP contribution in [0, 0.1) is 0 Å². The number of ether oxygens (including phenoxy) is 1. The Morgan fingerprint density at radius 3 is 3.08 bits per heavy atom. The lowest BCUT2D eigenvalue weighted by molar-refractivity contribution is 0.0864. The van der Waals surface area contributed by atoms with Crippen molar-refractivity contribution in [3.05, 3.63) is 47.3 Å². The first-order valence-electron chi connectivity index (χ1n) is 8.79. The number of carbonyl (C=O) groups excluding carboxylic acids is 1. The number of hydrogen-bond acceptors (Lipinski definition) is 5. The highest BCUT2D eigenvalue weighted by atomic mass is 16.5. The third-order valence-electron chi connectivity index (χ3n) is 4.53. The van der Waals surface area contributed by atoms with Crippen LogP contribution in [-0.2, 0) is 13.0 Å². The summed E-state index contributed by atoms with van der Waals surface area (Å²) in [6, 6.07) is 9.96. The van der Waals surface area contributed by atoms with Crippen LogP contribution >= 0.6 is 0 Å². The number of carbonyl (C=O) groups is 1. The highest BCUT2D eigenvalue weighted by Crippen LogP contribution is 2.18. The van der Waals surface area contributed by atoms with Crippen molar-refractivity contribution in [3.63, 3.8) is 0 Å². The SMILES string of the molecule is CCc1cc(C(=O)N[C@@H]2CCCN(Cc3cccc(OC)c3)C2)on1. The molecule has 134 valence electrons. The summed E-state index contributed by atoms with van der Waals surface area (Å²) < 4.78 is 10.4. The van der Waals surface area contributed by atoms with Crippen LogP contribution in [0.4, 0.5) is 0 Å². The first-order valence-corrected chi connectivity index (χ1v) is 8.79. The van der Waals surface area contributed by atoms with Crippen LogP contribution in [0.5, 0.6) is 5.75 Å². The molecule has 0 radical (unpaired) electrons. The Morgan fingerprint density at radius 1 is 1.44 bits per heavy atom. The lowest BCUT2D eigenvalue weighted by Gasteiger charge is -2.33. The number of likely N-dealkylation sites (tertiary alicyclic amines) is 1. The molecule has 1 atom stereocenters. The van der Waals surface area contributed by atoms with Crippen LogP contribution in [0.25, 0.3) is 0 Å². The fraction of sp³-hybridized carbons (Fsp3) is 0.474. The van der Waals surface area contributed by atoms with Gasteiger partial charge >= 0.3 is 0 Å². The van der Waals surface area contributed by atoms with E-state index in [2.05, 4.69) is 27.5 Å². The molecule has 1 aliphatic heterocycles. The zero-order chi connectivity index (χ0) is 17.6. The van der Waals surface area contributed by atoms with E-state index in [1.165, 1.54) is 5.56 Å². The molecule has 2 heterocycles. The number of nitrogens with one attached hydrogen (secondary N) is 1. The summed E-state index contributed by atoms with van der Waals surface area (Å²) >= 11 is 0. The molecule has 6 nitrogen and oxygen atoms in total. The third kappa shape index (κ3) is 4.60. The van der Waals surface area contributed by atoms with Gasteiger partial charge in [-0.1, -0.05) is 24.2 Å². The third-order valence-corrected chi connectivity index (χ3v) is 4.53. The van der Waals surface area contributed by atoms with Gasteiger partial charge in [0.05, 0.1) is 12.8 Å². The minimum atomic E-state index is -0.180. The molecule has 25 heavy (non-hydrogen) atoms. The average Bonchev–Trinajstić information content (AvgIpc) is 3.11. The molecule has 1 fully saturated rings.